The van der Waals surface area contributed by atoms with Crippen LogP contribution in [0.5, 0.6) is 0 Å². The molecule has 1 saturated heterocycles. The minimum Gasteiger partial charge on any atom is -0.435 e. The maximum absolute atomic E-state index is 9.74. The number of benzene rings is 3. The van der Waals surface area contributed by atoms with Crippen molar-refractivity contribution in [2.24, 2.45) is 0 Å². The third-order valence-corrected chi connectivity index (χ3v) is 6.51. The highest BCUT2D eigenvalue weighted by Gasteiger charge is 2.19. The van der Waals surface area contributed by atoms with Crippen molar-refractivity contribution in [3.05, 3.63) is 70.8 Å². The summed E-state index contributed by atoms with van der Waals surface area (Å²) in [6.45, 7) is 11.2. The summed E-state index contributed by atoms with van der Waals surface area (Å²) in [5, 5.41) is 9.74. The molecule has 1 aromatic heterocycles. The average Bonchev–Trinajstić information content (AvgIpc) is 3.52. The lowest BCUT2D eigenvalue weighted by Crippen LogP contribution is -2.18. The number of fused-ring (bicyclic) bond motifs is 1. The number of nitriles is 1. The van der Waals surface area contributed by atoms with E-state index in [2.05, 4.69) is 36.1 Å². The van der Waals surface area contributed by atoms with Crippen LogP contribution in [-0.2, 0) is 6.54 Å². The van der Waals surface area contributed by atoms with E-state index in [4.69, 9.17) is 15.1 Å². The van der Waals surface area contributed by atoms with Crippen LogP contribution >= 0.6 is 0 Å². The first-order valence-electron chi connectivity index (χ1n) is 12.1. The van der Waals surface area contributed by atoms with Crippen molar-refractivity contribution in [2.45, 2.75) is 47.1 Å². The topological polar surface area (TPSA) is 79.1 Å². The van der Waals surface area contributed by atoms with E-state index in [0.717, 1.165) is 64.2 Å². The normalized spacial score (nSPS) is 13.5. The van der Waals surface area contributed by atoms with Crippen LogP contribution in [0.1, 0.15) is 48.9 Å². The number of oxazole rings is 1. The maximum Gasteiger partial charge on any atom is 0.227 e. The number of nitrogens with two attached hydrogens (primary N) is 1. The van der Waals surface area contributed by atoms with Gasteiger partial charge in [0.25, 0.3) is 0 Å². The van der Waals surface area contributed by atoms with Crippen molar-refractivity contribution in [3.63, 3.8) is 0 Å². The average molecular weight is 453 g/mol. The van der Waals surface area contributed by atoms with Gasteiger partial charge >= 0.3 is 0 Å². The van der Waals surface area contributed by atoms with E-state index in [-0.39, 0.29) is 0 Å². The third kappa shape index (κ3) is 4.42. The molecule has 1 aliphatic heterocycles. The van der Waals surface area contributed by atoms with Crippen LogP contribution in [-0.4, -0.2) is 23.0 Å². The summed E-state index contributed by atoms with van der Waals surface area (Å²) in [7, 11) is 0. The highest BCUT2D eigenvalue weighted by atomic mass is 16.3. The molecule has 5 nitrogen and oxygen atoms in total. The second-order valence-corrected chi connectivity index (χ2v) is 8.60. The second kappa shape index (κ2) is 10.1. The second-order valence-electron chi connectivity index (χ2n) is 8.60. The summed E-state index contributed by atoms with van der Waals surface area (Å²) in [4.78, 5) is 7.22. The number of nitrogens with zero attached hydrogens (tertiary/aromatic N) is 3. The van der Waals surface area contributed by atoms with E-state index >= 15 is 0 Å². The van der Waals surface area contributed by atoms with Gasteiger partial charge in [-0.2, -0.15) is 5.26 Å². The van der Waals surface area contributed by atoms with Gasteiger partial charge in [0.2, 0.25) is 5.89 Å². The van der Waals surface area contributed by atoms with Crippen molar-refractivity contribution in [1.29, 1.82) is 5.26 Å². The zero-order chi connectivity index (χ0) is 24.2. The molecule has 0 atom stereocenters. The Morgan fingerprint density at radius 2 is 1.62 bits per heavy atom. The molecule has 174 valence electrons. The van der Waals surface area contributed by atoms with Crippen LogP contribution in [0.4, 0.5) is 5.69 Å². The standard InChI is InChI=1S/C27H26N4O.C2H6/c1-17-21(22-8-6-10-24(29)18(22)2)7-5-9-23(17)27-30-25-14-19(16-31-11-3-4-12-31)13-20(15-28)26(25)32-27;1-2/h5-10,13-14H,3-4,11-12,16,29H2,1-2H3;1-2H3. The predicted octanol–water partition coefficient (Wildman–Crippen LogP) is 6.85. The molecule has 0 aliphatic carbocycles. The zero-order valence-electron chi connectivity index (χ0n) is 20.5. The number of hydrogen-bond acceptors (Lipinski definition) is 5. The largest absolute Gasteiger partial charge is 0.435 e. The molecule has 0 bridgehead atoms. The van der Waals surface area contributed by atoms with Crippen LogP contribution in [0.15, 0.2) is 52.9 Å². The van der Waals surface area contributed by atoms with Crippen molar-refractivity contribution in [2.75, 3.05) is 18.8 Å². The van der Waals surface area contributed by atoms with Gasteiger partial charge in [-0.05, 0) is 91.9 Å². The molecular weight excluding hydrogens is 420 g/mol. The lowest BCUT2D eigenvalue weighted by atomic mass is 9.93. The number of nitrogen functional groups attached to an aromatic ring is 1. The number of rotatable bonds is 4. The minimum absolute atomic E-state index is 0.538. The van der Waals surface area contributed by atoms with Crippen molar-refractivity contribution in [3.8, 4) is 28.7 Å². The zero-order valence-corrected chi connectivity index (χ0v) is 20.5. The summed E-state index contributed by atoms with van der Waals surface area (Å²) in [6.07, 6.45) is 2.48. The van der Waals surface area contributed by atoms with Gasteiger partial charge in [0.1, 0.15) is 11.6 Å². The minimum atomic E-state index is 0.538. The van der Waals surface area contributed by atoms with Crippen LogP contribution in [0.25, 0.3) is 33.7 Å². The van der Waals surface area contributed by atoms with Crippen LogP contribution < -0.4 is 5.73 Å². The van der Waals surface area contributed by atoms with Gasteiger partial charge in [-0.25, -0.2) is 4.98 Å². The summed E-state index contributed by atoms with van der Waals surface area (Å²) in [6, 6.07) is 18.4. The van der Waals surface area contributed by atoms with Gasteiger partial charge in [0.05, 0.1) is 5.56 Å². The molecule has 1 fully saturated rings. The Balaban J connectivity index is 0.00000133. The Hall–Kier alpha value is -3.62. The van der Waals surface area contributed by atoms with Crippen LogP contribution in [0, 0.1) is 25.2 Å². The highest BCUT2D eigenvalue weighted by Crippen LogP contribution is 2.36. The van der Waals surface area contributed by atoms with E-state index in [1.54, 1.807) is 0 Å². The van der Waals surface area contributed by atoms with Crippen molar-refractivity contribution < 1.29 is 4.42 Å². The molecule has 0 unspecified atom stereocenters. The molecule has 0 spiro atoms. The molecule has 4 aromatic rings. The number of anilines is 1. The Bertz CT molecular complexity index is 1360. The van der Waals surface area contributed by atoms with Crippen LogP contribution in [0.2, 0.25) is 0 Å². The lowest BCUT2D eigenvalue weighted by Gasteiger charge is -2.14. The fourth-order valence-electron chi connectivity index (χ4n) is 4.68. The number of hydrogen-bond donors (Lipinski definition) is 1. The molecule has 0 saturated carbocycles. The fourth-order valence-corrected chi connectivity index (χ4v) is 4.68. The highest BCUT2D eigenvalue weighted by molar-refractivity contribution is 5.85. The summed E-state index contributed by atoms with van der Waals surface area (Å²) < 4.78 is 6.15. The quantitative estimate of drug-likeness (QED) is 0.342. The third-order valence-electron chi connectivity index (χ3n) is 6.51. The monoisotopic (exact) mass is 452 g/mol. The molecular formula is C29H32N4O. The molecule has 5 heteroatoms. The summed E-state index contributed by atoms with van der Waals surface area (Å²) in [5.41, 5.74) is 15.1. The fraction of sp³-hybridized carbons (Fsp3) is 0.310. The molecule has 0 amide bonds. The van der Waals surface area contributed by atoms with E-state index in [1.165, 1.54) is 12.8 Å². The van der Waals surface area contributed by atoms with Gasteiger partial charge in [-0.3, -0.25) is 4.90 Å². The maximum atomic E-state index is 9.74. The first kappa shape index (κ1) is 23.5. The first-order valence-corrected chi connectivity index (χ1v) is 12.1. The Morgan fingerprint density at radius 1 is 0.971 bits per heavy atom. The van der Waals surface area contributed by atoms with E-state index in [0.29, 0.717) is 17.0 Å². The van der Waals surface area contributed by atoms with Crippen LogP contribution in [0.3, 0.4) is 0 Å². The van der Waals surface area contributed by atoms with Gasteiger partial charge in [0.15, 0.2) is 5.58 Å². The van der Waals surface area contributed by atoms with E-state index < -0.39 is 0 Å². The summed E-state index contributed by atoms with van der Waals surface area (Å²) in [5.74, 6) is 0.538. The Kier molecular flexibility index (Phi) is 7.00. The SMILES string of the molecule is CC.Cc1c(N)cccc1-c1cccc(-c2nc3cc(CN4CCCC4)cc(C#N)c3o2)c1C. The van der Waals surface area contributed by atoms with E-state index in [9.17, 15) is 5.26 Å². The molecule has 1 aliphatic rings. The molecule has 3 aromatic carbocycles. The van der Waals surface area contributed by atoms with E-state index in [1.807, 2.05) is 51.1 Å². The molecule has 34 heavy (non-hydrogen) atoms. The summed E-state index contributed by atoms with van der Waals surface area (Å²) >= 11 is 0. The molecule has 5 rings (SSSR count). The number of likely N-dealkylation sites (tertiary alicyclic amines) is 1. The Morgan fingerprint density at radius 3 is 2.32 bits per heavy atom. The lowest BCUT2D eigenvalue weighted by molar-refractivity contribution is 0.331. The first-order chi connectivity index (χ1) is 16.5. The number of aromatic nitrogens is 1. The Labute approximate surface area is 201 Å². The van der Waals surface area contributed by atoms with Gasteiger partial charge < -0.3 is 10.2 Å². The smallest absolute Gasteiger partial charge is 0.227 e. The predicted molar refractivity (Wildman–Crippen MR) is 139 cm³/mol. The molecule has 0 radical (unpaired) electrons. The van der Waals surface area contributed by atoms with Crippen molar-refractivity contribution >= 4 is 16.8 Å². The van der Waals surface area contributed by atoms with Gasteiger partial charge in [-0.1, -0.05) is 38.1 Å². The molecule has 2 N–H and O–H groups in total. The molecule has 2 heterocycles. The van der Waals surface area contributed by atoms with Crippen molar-refractivity contribution in [1.82, 2.24) is 9.88 Å². The van der Waals surface area contributed by atoms with Gasteiger partial charge in [0, 0.05) is 17.8 Å². The van der Waals surface area contributed by atoms with Gasteiger partial charge in [-0.15, -0.1) is 0 Å².